The Morgan fingerprint density at radius 1 is 1.40 bits per heavy atom. The number of benzene rings is 1. The van der Waals surface area contributed by atoms with E-state index in [4.69, 9.17) is 0 Å². The summed E-state index contributed by atoms with van der Waals surface area (Å²) in [6.07, 6.45) is 1.86. The van der Waals surface area contributed by atoms with Gasteiger partial charge in [-0.25, -0.2) is 4.98 Å². The van der Waals surface area contributed by atoms with E-state index in [9.17, 15) is 9.90 Å². The molecular formula is C15H14N2O2S. The Bertz CT molecular complexity index is 695. The summed E-state index contributed by atoms with van der Waals surface area (Å²) in [6.45, 7) is 5.62. The van der Waals surface area contributed by atoms with Crippen LogP contribution in [0.3, 0.4) is 0 Å². The zero-order valence-corrected chi connectivity index (χ0v) is 11.8. The molecule has 0 radical (unpaired) electrons. The van der Waals surface area contributed by atoms with E-state index < -0.39 is 0 Å². The standard InChI is InChI=1S/C15H14N2O2S/c1-3-9-20-10(2)16-15(19)12-8-7-11-5-4-6-13(18)14(11)17-12/h3-9,18H,2H2,1H3,(H,16,19)/b9-3-. The Morgan fingerprint density at radius 2 is 2.20 bits per heavy atom. The average Bonchev–Trinajstić information content (AvgIpc) is 2.45. The zero-order valence-electron chi connectivity index (χ0n) is 11.0. The maximum absolute atomic E-state index is 12.0. The van der Waals surface area contributed by atoms with Crippen molar-refractivity contribution in [1.29, 1.82) is 0 Å². The van der Waals surface area contributed by atoms with Crippen molar-refractivity contribution in [3.8, 4) is 5.75 Å². The highest BCUT2D eigenvalue weighted by Gasteiger charge is 2.10. The SMILES string of the molecule is C=C(NC(=O)c1ccc2cccc(O)c2n1)S/C=C\C. The molecule has 0 unspecified atom stereocenters. The summed E-state index contributed by atoms with van der Waals surface area (Å²) in [5.74, 6) is -0.295. The average molecular weight is 286 g/mol. The summed E-state index contributed by atoms with van der Waals surface area (Å²) < 4.78 is 0. The minimum absolute atomic E-state index is 0.0549. The first-order valence-corrected chi connectivity index (χ1v) is 6.86. The van der Waals surface area contributed by atoms with Gasteiger partial charge in [-0.1, -0.05) is 42.6 Å². The number of fused-ring (bicyclic) bond motifs is 1. The second-order valence-corrected chi connectivity index (χ2v) is 5.01. The maximum atomic E-state index is 12.0. The number of carbonyl (C=O) groups is 1. The van der Waals surface area contributed by atoms with Gasteiger partial charge in [0.05, 0.1) is 5.03 Å². The minimum Gasteiger partial charge on any atom is -0.506 e. The molecule has 2 rings (SSSR count). The van der Waals surface area contributed by atoms with Crippen molar-refractivity contribution in [1.82, 2.24) is 10.3 Å². The Balaban J connectivity index is 2.22. The summed E-state index contributed by atoms with van der Waals surface area (Å²) in [5.41, 5.74) is 0.646. The normalized spacial score (nSPS) is 10.8. The molecule has 0 aliphatic rings. The second kappa shape index (κ2) is 6.25. The van der Waals surface area contributed by atoms with E-state index in [0.29, 0.717) is 10.5 Å². The van der Waals surface area contributed by atoms with Crippen molar-refractivity contribution in [2.75, 3.05) is 0 Å². The van der Waals surface area contributed by atoms with E-state index >= 15 is 0 Å². The lowest BCUT2D eigenvalue weighted by molar-refractivity contribution is 0.0964. The lowest BCUT2D eigenvalue weighted by atomic mass is 10.2. The van der Waals surface area contributed by atoms with Crippen LogP contribution in [0.25, 0.3) is 10.9 Å². The van der Waals surface area contributed by atoms with Crippen molar-refractivity contribution in [2.24, 2.45) is 0 Å². The van der Waals surface area contributed by atoms with Gasteiger partial charge in [0.15, 0.2) is 0 Å². The number of phenolic OH excluding ortho intramolecular Hbond substituents is 1. The number of rotatable bonds is 4. The van der Waals surface area contributed by atoms with Crippen LogP contribution in [0.4, 0.5) is 0 Å². The van der Waals surface area contributed by atoms with Gasteiger partial charge in [-0.2, -0.15) is 0 Å². The first-order valence-electron chi connectivity index (χ1n) is 5.98. The summed E-state index contributed by atoms with van der Waals surface area (Å²) in [6, 6.07) is 8.46. The van der Waals surface area contributed by atoms with Gasteiger partial charge >= 0.3 is 0 Å². The summed E-state index contributed by atoms with van der Waals surface area (Å²) >= 11 is 1.32. The molecule has 0 saturated heterocycles. The van der Waals surface area contributed by atoms with Crippen LogP contribution in [0.1, 0.15) is 17.4 Å². The van der Waals surface area contributed by atoms with E-state index in [-0.39, 0.29) is 17.4 Å². The number of allylic oxidation sites excluding steroid dienone is 1. The van der Waals surface area contributed by atoms with Gasteiger partial charge < -0.3 is 10.4 Å². The van der Waals surface area contributed by atoms with Gasteiger partial charge in [0.25, 0.3) is 5.91 Å². The molecule has 0 bridgehead atoms. The summed E-state index contributed by atoms with van der Waals surface area (Å²) in [7, 11) is 0. The van der Waals surface area contributed by atoms with Crippen LogP contribution in [-0.2, 0) is 0 Å². The number of aromatic hydroxyl groups is 1. The number of nitrogens with one attached hydrogen (secondary N) is 1. The van der Waals surface area contributed by atoms with Crippen molar-refractivity contribution in [3.05, 3.63) is 59.1 Å². The maximum Gasteiger partial charge on any atom is 0.274 e. The van der Waals surface area contributed by atoms with E-state index in [2.05, 4.69) is 16.9 Å². The molecule has 2 N–H and O–H groups in total. The smallest absolute Gasteiger partial charge is 0.274 e. The van der Waals surface area contributed by atoms with E-state index in [0.717, 1.165) is 5.39 Å². The highest BCUT2D eigenvalue weighted by Crippen LogP contribution is 2.22. The number of hydrogen-bond acceptors (Lipinski definition) is 4. The van der Waals surface area contributed by atoms with Crippen molar-refractivity contribution in [2.45, 2.75) is 6.92 Å². The van der Waals surface area contributed by atoms with Crippen LogP contribution in [0, 0.1) is 0 Å². The number of hydrogen-bond donors (Lipinski definition) is 2. The van der Waals surface area contributed by atoms with Crippen molar-refractivity contribution >= 4 is 28.6 Å². The molecule has 0 aliphatic heterocycles. The number of para-hydroxylation sites is 1. The van der Waals surface area contributed by atoms with Gasteiger partial charge in [-0.3, -0.25) is 4.79 Å². The van der Waals surface area contributed by atoms with E-state index in [1.807, 2.05) is 24.5 Å². The zero-order chi connectivity index (χ0) is 14.5. The molecule has 0 spiro atoms. The summed E-state index contributed by atoms with van der Waals surface area (Å²) in [4.78, 5) is 16.2. The molecule has 1 heterocycles. The molecule has 5 heteroatoms. The Hall–Kier alpha value is -2.27. The van der Waals surface area contributed by atoms with E-state index in [1.54, 1.807) is 18.2 Å². The van der Waals surface area contributed by atoms with Crippen molar-refractivity contribution in [3.63, 3.8) is 0 Å². The van der Waals surface area contributed by atoms with Gasteiger partial charge in [0.2, 0.25) is 0 Å². The number of phenols is 1. The fraction of sp³-hybridized carbons (Fsp3) is 0.0667. The van der Waals surface area contributed by atoms with Gasteiger partial charge in [-0.05, 0) is 24.5 Å². The first-order chi connectivity index (χ1) is 9.61. The molecule has 0 saturated carbocycles. The monoisotopic (exact) mass is 286 g/mol. The topological polar surface area (TPSA) is 62.2 Å². The van der Waals surface area contributed by atoms with Crippen LogP contribution >= 0.6 is 11.8 Å². The number of nitrogens with zero attached hydrogens (tertiary/aromatic N) is 1. The van der Waals surface area contributed by atoms with Crippen LogP contribution in [0.2, 0.25) is 0 Å². The van der Waals surface area contributed by atoms with Gasteiger partial charge in [0, 0.05) is 5.39 Å². The van der Waals surface area contributed by atoms with Crippen LogP contribution in [0.5, 0.6) is 5.75 Å². The molecule has 102 valence electrons. The quantitative estimate of drug-likeness (QED) is 0.904. The molecule has 20 heavy (non-hydrogen) atoms. The third kappa shape index (κ3) is 3.19. The van der Waals surface area contributed by atoms with E-state index in [1.165, 1.54) is 17.8 Å². The first kappa shape index (κ1) is 14.1. The molecular weight excluding hydrogens is 272 g/mol. The van der Waals surface area contributed by atoms with Gasteiger partial charge in [-0.15, -0.1) is 0 Å². The van der Waals surface area contributed by atoms with Crippen LogP contribution < -0.4 is 5.32 Å². The highest BCUT2D eigenvalue weighted by atomic mass is 32.2. The number of amides is 1. The molecule has 1 amide bonds. The molecule has 1 aromatic heterocycles. The lowest BCUT2D eigenvalue weighted by Gasteiger charge is -2.06. The fourth-order valence-corrected chi connectivity index (χ4v) is 2.08. The van der Waals surface area contributed by atoms with Crippen molar-refractivity contribution < 1.29 is 9.90 Å². The molecule has 0 atom stereocenters. The lowest BCUT2D eigenvalue weighted by Crippen LogP contribution is -2.21. The second-order valence-electron chi connectivity index (χ2n) is 4.01. The predicted molar refractivity (Wildman–Crippen MR) is 82.4 cm³/mol. The third-order valence-electron chi connectivity index (χ3n) is 2.53. The third-order valence-corrected chi connectivity index (χ3v) is 3.33. The summed E-state index contributed by atoms with van der Waals surface area (Å²) in [5, 5.41) is 15.5. The molecule has 2 aromatic rings. The largest absolute Gasteiger partial charge is 0.506 e. The Labute approximate surface area is 121 Å². The van der Waals surface area contributed by atoms with Crippen LogP contribution in [0.15, 0.2) is 53.4 Å². The minimum atomic E-state index is -0.350. The van der Waals surface area contributed by atoms with Crippen LogP contribution in [-0.4, -0.2) is 16.0 Å². The molecule has 0 aliphatic carbocycles. The number of pyridine rings is 1. The highest BCUT2D eigenvalue weighted by molar-refractivity contribution is 8.05. The predicted octanol–water partition coefficient (Wildman–Crippen LogP) is 3.41. The number of carbonyl (C=O) groups excluding carboxylic acids is 1. The van der Waals surface area contributed by atoms with Gasteiger partial charge in [0.1, 0.15) is 17.0 Å². The number of aromatic nitrogens is 1. The Morgan fingerprint density at radius 3 is 2.95 bits per heavy atom. The molecule has 1 aromatic carbocycles. The number of thioether (sulfide) groups is 1. The molecule has 4 nitrogen and oxygen atoms in total. The fourth-order valence-electron chi connectivity index (χ4n) is 1.63. The Kier molecular flexibility index (Phi) is 4.42. The molecule has 0 fully saturated rings.